The lowest BCUT2D eigenvalue weighted by molar-refractivity contribution is -0.115. The highest BCUT2D eigenvalue weighted by molar-refractivity contribution is 5.93. The molecule has 0 radical (unpaired) electrons. The van der Waals surface area contributed by atoms with Gasteiger partial charge in [-0.05, 0) is 53.1 Å². The van der Waals surface area contributed by atoms with Crippen molar-refractivity contribution in [2.24, 2.45) is 0 Å². The number of hydrogen-bond donors (Lipinski definition) is 3. The van der Waals surface area contributed by atoms with E-state index >= 15 is 0 Å². The van der Waals surface area contributed by atoms with Gasteiger partial charge in [0.1, 0.15) is 5.75 Å². The summed E-state index contributed by atoms with van der Waals surface area (Å²) < 4.78 is 5.06. The van der Waals surface area contributed by atoms with E-state index < -0.39 is 0 Å². The third-order valence-corrected chi connectivity index (χ3v) is 3.96. The van der Waals surface area contributed by atoms with Crippen molar-refractivity contribution in [3.8, 4) is 28.4 Å². The zero-order valence-electron chi connectivity index (χ0n) is 14.3. The van der Waals surface area contributed by atoms with Crippen molar-refractivity contribution >= 4 is 11.6 Å². The number of amides is 1. The van der Waals surface area contributed by atoms with Gasteiger partial charge in [-0.1, -0.05) is 30.3 Å². The SMILES string of the molecule is COc1cc(CC(=O)Nc2cccc(-c3ccc(O)cc3)c2)ccc1O. The van der Waals surface area contributed by atoms with Gasteiger partial charge < -0.3 is 20.3 Å². The zero-order chi connectivity index (χ0) is 18.5. The molecule has 0 aliphatic rings. The molecule has 0 saturated carbocycles. The van der Waals surface area contributed by atoms with Crippen LogP contribution in [0.2, 0.25) is 0 Å². The van der Waals surface area contributed by atoms with Gasteiger partial charge in [0.2, 0.25) is 5.91 Å². The third kappa shape index (κ3) is 4.13. The summed E-state index contributed by atoms with van der Waals surface area (Å²) in [6.45, 7) is 0. The summed E-state index contributed by atoms with van der Waals surface area (Å²) in [5.41, 5.74) is 3.31. The highest BCUT2D eigenvalue weighted by atomic mass is 16.5. The van der Waals surface area contributed by atoms with Crippen LogP contribution < -0.4 is 10.1 Å². The molecule has 0 saturated heterocycles. The molecular formula is C21H19NO4. The lowest BCUT2D eigenvalue weighted by atomic mass is 10.0. The van der Waals surface area contributed by atoms with Gasteiger partial charge >= 0.3 is 0 Å². The molecule has 0 atom stereocenters. The molecule has 0 aliphatic heterocycles. The van der Waals surface area contributed by atoms with Crippen LogP contribution in [0, 0.1) is 0 Å². The second-order valence-corrected chi connectivity index (χ2v) is 5.86. The fraction of sp³-hybridized carbons (Fsp3) is 0.0952. The van der Waals surface area contributed by atoms with E-state index in [0.717, 1.165) is 16.7 Å². The maximum Gasteiger partial charge on any atom is 0.228 e. The maximum absolute atomic E-state index is 12.3. The second kappa shape index (κ2) is 7.61. The van der Waals surface area contributed by atoms with Crippen molar-refractivity contribution in [3.63, 3.8) is 0 Å². The van der Waals surface area contributed by atoms with E-state index in [0.29, 0.717) is 11.4 Å². The van der Waals surface area contributed by atoms with Gasteiger partial charge in [0.05, 0.1) is 13.5 Å². The Bertz CT molecular complexity index is 920. The molecule has 3 rings (SSSR count). The van der Waals surface area contributed by atoms with Crippen LogP contribution in [0.3, 0.4) is 0 Å². The molecule has 132 valence electrons. The molecule has 0 heterocycles. The number of rotatable bonds is 5. The molecule has 0 bridgehead atoms. The summed E-state index contributed by atoms with van der Waals surface area (Å²) in [5.74, 6) is 0.422. The van der Waals surface area contributed by atoms with Crippen LogP contribution in [-0.4, -0.2) is 23.2 Å². The smallest absolute Gasteiger partial charge is 0.228 e. The first-order valence-electron chi connectivity index (χ1n) is 8.10. The largest absolute Gasteiger partial charge is 0.508 e. The number of phenolic OH excluding ortho intramolecular Hbond substituents is 2. The fourth-order valence-corrected chi connectivity index (χ4v) is 2.65. The first-order valence-corrected chi connectivity index (χ1v) is 8.10. The first kappa shape index (κ1) is 17.4. The molecule has 3 aromatic carbocycles. The van der Waals surface area contributed by atoms with Crippen LogP contribution in [-0.2, 0) is 11.2 Å². The lowest BCUT2D eigenvalue weighted by Crippen LogP contribution is -2.14. The minimum absolute atomic E-state index is 0.0401. The van der Waals surface area contributed by atoms with E-state index in [2.05, 4.69) is 5.32 Å². The minimum Gasteiger partial charge on any atom is -0.508 e. The average molecular weight is 349 g/mol. The summed E-state index contributed by atoms with van der Waals surface area (Å²) in [6, 6.07) is 19.2. The molecule has 0 spiro atoms. The molecule has 0 unspecified atom stereocenters. The number of nitrogens with one attached hydrogen (secondary N) is 1. The normalized spacial score (nSPS) is 10.3. The van der Waals surface area contributed by atoms with E-state index in [1.165, 1.54) is 13.2 Å². The van der Waals surface area contributed by atoms with Crippen LogP contribution in [0.25, 0.3) is 11.1 Å². The molecule has 0 aromatic heterocycles. The van der Waals surface area contributed by atoms with Gasteiger partial charge in [0.25, 0.3) is 0 Å². The molecule has 3 N–H and O–H groups in total. The minimum atomic E-state index is -0.166. The van der Waals surface area contributed by atoms with Gasteiger partial charge in [-0.3, -0.25) is 4.79 Å². The van der Waals surface area contributed by atoms with Crippen molar-refractivity contribution in [3.05, 3.63) is 72.3 Å². The average Bonchev–Trinajstić information content (AvgIpc) is 2.64. The number of phenols is 2. The van der Waals surface area contributed by atoms with Gasteiger partial charge in [-0.25, -0.2) is 0 Å². The van der Waals surface area contributed by atoms with E-state index in [4.69, 9.17) is 4.74 Å². The first-order chi connectivity index (χ1) is 12.5. The summed E-state index contributed by atoms with van der Waals surface area (Å²) >= 11 is 0. The molecule has 0 fully saturated rings. The van der Waals surface area contributed by atoms with Crippen LogP contribution in [0.5, 0.6) is 17.2 Å². The number of carbonyl (C=O) groups excluding carboxylic acids is 1. The summed E-state index contributed by atoms with van der Waals surface area (Å²) in [4.78, 5) is 12.3. The Kier molecular flexibility index (Phi) is 5.08. The van der Waals surface area contributed by atoms with Crippen LogP contribution in [0.15, 0.2) is 66.7 Å². The molecule has 26 heavy (non-hydrogen) atoms. The highest BCUT2D eigenvalue weighted by Crippen LogP contribution is 2.27. The van der Waals surface area contributed by atoms with Gasteiger partial charge in [0.15, 0.2) is 11.5 Å². The van der Waals surface area contributed by atoms with E-state index in [1.54, 1.807) is 24.3 Å². The lowest BCUT2D eigenvalue weighted by Gasteiger charge is -2.09. The summed E-state index contributed by atoms with van der Waals surface area (Å²) in [7, 11) is 1.47. The number of hydrogen-bond acceptors (Lipinski definition) is 4. The number of anilines is 1. The van der Waals surface area contributed by atoms with Crippen LogP contribution >= 0.6 is 0 Å². The van der Waals surface area contributed by atoms with E-state index in [1.807, 2.05) is 36.4 Å². The van der Waals surface area contributed by atoms with Crippen molar-refractivity contribution in [1.29, 1.82) is 0 Å². The third-order valence-electron chi connectivity index (χ3n) is 3.96. The molecule has 3 aromatic rings. The predicted molar refractivity (Wildman–Crippen MR) is 101 cm³/mol. The number of benzene rings is 3. The Labute approximate surface area is 151 Å². The number of carbonyl (C=O) groups is 1. The molecule has 0 aliphatic carbocycles. The quantitative estimate of drug-likeness (QED) is 0.651. The second-order valence-electron chi connectivity index (χ2n) is 5.86. The maximum atomic E-state index is 12.3. The molecule has 1 amide bonds. The standard InChI is InChI=1S/C21H19NO4/c1-26-20-11-14(5-10-19(20)24)12-21(25)22-17-4-2-3-16(13-17)15-6-8-18(23)9-7-15/h2-11,13,23-24H,12H2,1H3,(H,22,25). The van der Waals surface area contributed by atoms with Crippen LogP contribution in [0.4, 0.5) is 5.69 Å². The molecule has 5 nitrogen and oxygen atoms in total. The topological polar surface area (TPSA) is 78.8 Å². The molecular weight excluding hydrogens is 330 g/mol. The van der Waals surface area contributed by atoms with Gasteiger partial charge in [-0.15, -0.1) is 0 Å². The van der Waals surface area contributed by atoms with E-state index in [9.17, 15) is 15.0 Å². The Balaban J connectivity index is 1.71. The summed E-state index contributed by atoms with van der Waals surface area (Å²) in [6.07, 6.45) is 0.167. The Hall–Kier alpha value is -3.47. The van der Waals surface area contributed by atoms with Crippen molar-refractivity contribution < 1.29 is 19.7 Å². The zero-order valence-corrected chi connectivity index (χ0v) is 14.3. The number of methoxy groups -OCH3 is 1. The van der Waals surface area contributed by atoms with Crippen molar-refractivity contribution in [2.75, 3.05) is 12.4 Å². The van der Waals surface area contributed by atoms with E-state index in [-0.39, 0.29) is 23.8 Å². The predicted octanol–water partition coefficient (Wildman–Crippen LogP) is 3.95. The van der Waals surface area contributed by atoms with Crippen molar-refractivity contribution in [1.82, 2.24) is 0 Å². The fourth-order valence-electron chi connectivity index (χ4n) is 2.65. The Morgan fingerprint density at radius 1 is 0.962 bits per heavy atom. The molecule has 5 heteroatoms. The highest BCUT2D eigenvalue weighted by Gasteiger charge is 2.08. The van der Waals surface area contributed by atoms with Crippen molar-refractivity contribution in [2.45, 2.75) is 6.42 Å². The monoisotopic (exact) mass is 349 g/mol. The van der Waals surface area contributed by atoms with Gasteiger partial charge in [0, 0.05) is 5.69 Å². The van der Waals surface area contributed by atoms with Gasteiger partial charge in [-0.2, -0.15) is 0 Å². The Morgan fingerprint density at radius 2 is 1.73 bits per heavy atom. The number of ether oxygens (including phenoxy) is 1. The van der Waals surface area contributed by atoms with Crippen LogP contribution in [0.1, 0.15) is 5.56 Å². The summed E-state index contributed by atoms with van der Waals surface area (Å²) in [5, 5.41) is 21.9. The Morgan fingerprint density at radius 3 is 2.46 bits per heavy atom. The number of aromatic hydroxyl groups is 2.